The number of amides is 1. The molecule has 0 aromatic rings. The van der Waals surface area contributed by atoms with Crippen molar-refractivity contribution in [2.45, 2.75) is 57.0 Å². The van der Waals surface area contributed by atoms with E-state index in [0.29, 0.717) is 0 Å². The molecule has 4 nitrogen and oxygen atoms in total. The van der Waals surface area contributed by atoms with Gasteiger partial charge in [-0.2, -0.15) is 0 Å². The molecule has 2 fully saturated rings. The zero-order valence-electron chi connectivity index (χ0n) is 9.87. The largest absolute Gasteiger partial charge is 0.389 e. The summed E-state index contributed by atoms with van der Waals surface area (Å²) >= 11 is 0. The van der Waals surface area contributed by atoms with E-state index in [9.17, 15) is 9.90 Å². The number of hydrogen-bond acceptors (Lipinski definition) is 3. The molecule has 2 aliphatic rings. The number of carbonyl (C=O) groups is 1. The predicted octanol–water partition coefficient (Wildman–Crippen LogP) is 1.20. The Morgan fingerprint density at radius 3 is 2.38 bits per heavy atom. The van der Waals surface area contributed by atoms with E-state index in [-0.39, 0.29) is 12.3 Å². The minimum absolute atomic E-state index is 0.0219. The Kier molecular flexibility index (Phi) is 3.82. The molecule has 16 heavy (non-hydrogen) atoms. The number of aliphatic hydroxyl groups is 1. The standard InChI is InChI=1S/C12H22N2O2/c15-11(10-12(16)6-2-3-7-12)13-14-8-4-1-5-9-14/h16H,1-10H2,(H,13,15). The quantitative estimate of drug-likeness (QED) is 0.760. The zero-order valence-corrected chi connectivity index (χ0v) is 9.87. The van der Waals surface area contributed by atoms with Crippen molar-refractivity contribution < 1.29 is 9.90 Å². The topological polar surface area (TPSA) is 52.6 Å². The number of carbonyl (C=O) groups excluding carboxylic acids is 1. The van der Waals surface area contributed by atoms with Crippen LogP contribution in [0.25, 0.3) is 0 Å². The molecule has 92 valence electrons. The molecule has 0 unspecified atom stereocenters. The number of nitrogens with one attached hydrogen (secondary N) is 1. The first-order valence-corrected chi connectivity index (χ1v) is 6.45. The van der Waals surface area contributed by atoms with Gasteiger partial charge in [-0.25, -0.2) is 5.01 Å². The molecule has 1 saturated heterocycles. The minimum atomic E-state index is -0.722. The van der Waals surface area contributed by atoms with Crippen molar-refractivity contribution in [3.05, 3.63) is 0 Å². The van der Waals surface area contributed by atoms with Gasteiger partial charge in [0, 0.05) is 13.1 Å². The summed E-state index contributed by atoms with van der Waals surface area (Å²) in [7, 11) is 0. The summed E-state index contributed by atoms with van der Waals surface area (Å²) in [6, 6.07) is 0. The van der Waals surface area contributed by atoms with Crippen LogP contribution in [-0.2, 0) is 4.79 Å². The third-order valence-corrected chi connectivity index (χ3v) is 3.66. The van der Waals surface area contributed by atoms with Crippen molar-refractivity contribution in [2.24, 2.45) is 0 Å². The van der Waals surface area contributed by atoms with Gasteiger partial charge >= 0.3 is 0 Å². The first kappa shape index (κ1) is 11.9. The smallest absolute Gasteiger partial charge is 0.237 e. The molecule has 0 atom stereocenters. The molecule has 1 heterocycles. The molecule has 0 spiro atoms. The van der Waals surface area contributed by atoms with Crippen LogP contribution in [0.3, 0.4) is 0 Å². The van der Waals surface area contributed by atoms with Gasteiger partial charge in [0.1, 0.15) is 0 Å². The van der Waals surface area contributed by atoms with Gasteiger partial charge in [0.2, 0.25) is 5.91 Å². The number of rotatable bonds is 3. The SMILES string of the molecule is O=C(CC1(O)CCCC1)NN1CCCCC1. The van der Waals surface area contributed by atoms with Crippen molar-refractivity contribution in [1.29, 1.82) is 0 Å². The molecule has 1 saturated carbocycles. The first-order chi connectivity index (χ1) is 7.68. The zero-order chi connectivity index (χ0) is 11.4. The fourth-order valence-corrected chi connectivity index (χ4v) is 2.73. The van der Waals surface area contributed by atoms with Crippen molar-refractivity contribution in [1.82, 2.24) is 10.4 Å². The molecule has 1 aliphatic heterocycles. The Bertz CT molecular complexity index is 243. The lowest BCUT2D eigenvalue weighted by atomic mass is 9.98. The second kappa shape index (κ2) is 5.15. The molecule has 0 aromatic heterocycles. The fraction of sp³-hybridized carbons (Fsp3) is 0.917. The summed E-state index contributed by atoms with van der Waals surface area (Å²) in [6.07, 6.45) is 7.50. The van der Waals surface area contributed by atoms with Gasteiger partial charge in [0.25, 0.3) is 0 Å². The van der Waals surface area contributed by atoms with Gasteiger partial charge in [-0.1, -0.05) is 19.3 Å². The lowest BCUT2D eigenvalue weighted by molar-refractivity contribution is -0.131. The van der Waals surface area contributed by atoms with Gasteiger partial charge in [0.15, 0.2) is 0 Å². The lowest BCUT2D eigenvalue weighted by Crippen LogP contribution is -2.47. The Morgan fingerprint density at radius 2 is 1.75 bits per heavy atom. The lowest BCUT2D eigenvalue weighted by Gasteiger charge is -2.29. The summed E-state index contributed by atoms with van der Waals surface area (Å²) in [5, 5.41) is 12.1. The van der Waals surface area contributed by atoms with Gasteiger partial charge in [-0.3, -0.25) is 10.2 Å². The van der Waals surface area contributed by atoms with Crippen molar-refractivity contribution in [3.63, 3.8) is 0 Å². The highest BCUT2D eigenvalue weighted by Gasteiger charge is 2.33. The average molecular weight is 226 g/mol. The van der Waals surface area contributed by atoms with Gasteiger partial charge in [-0.15, -0.1) is 0 Å². The number of piperidine rings is 1. The molecular formula is C12H22N2O2. The molecule has 1 amide bonds. The van der Waals surface area contributed by atoms with Crippen LogP contribution in [0.15, 0.2) is 0 Å². The van der Waals surface area contributed by atoms with Crippen LogP contribution in [0, 0.1) is 0 Å². The van der Waals surface area contributed by atoms with E-state index >= 15 is 0 Å². The number of hydrogen-bond donors (Lipinski definition) is 2. The van der Waals surface area contributed by atoms with Crippen LogP contribution in [0.1, 0.15) is 51.4 Å². The van der Waals surface area contributed by atoms with E-state index in [1.807, 2.05) is 5.01 Å². The Morgan fingerprint density at radius 1 is 1.12 bits per heavy atom. The van der Waals surface area contributed by atoms with Crippen LogP contribution in [0.5, 0.6) is 0 Å². The second-order valence-electron chi connectivity index (χ2n) is 5.19. The van der Waals surface area contributed by atoms with Crippen LogP contribution >= 0.6 is 0 Å². The fourth-order valence-electron chi connectivity index (χ4n) is 2.73. The molecular weight excluding hydrogens is 204 g/mol. The molecule has 1 aliphatic carbocycles. The summed E-state index contributed by atoms with van der Waals surface area (Å²) in [6.45, 7) is 1.90. The highest BCUT2D eigenvalue weighted by Crippen LogP contribution is 2.32. The van der Waals surface area contributed by atoms with E-state index in [2.05, 4.69) is 5.43 Å². The highest BCUT2D eigenvalue weighted by atomic mass is 16.3. The van der Waals surface area contributed by atoms with Gasteiger partial charge in [0.05, 0.1) is 12.0 Å². The van der Waals surface area contributed by atoms with Crippen LogP contribution in [0.4, 0.5) is 0 Å². The normalized spacial score (nSPS) is 25.6. The highest BCUT2D eigenvalue weighted by molar-refractivity contribution is 5.76. The molecule has 2 rings (SSSR count). The maximum atomic E-state index is 11.8. The summed E-state index contributed by atoms with van der Waals surface area (Å²) in [5.74, 6) is -0.0219. The van der Waals surface area contributed by atoms with E-state index < -0.39 is 5.60 Å². The maximum absolute atomic E-state index is 11.8. The van der Waals surface area contributed by atoms with Crippen molar-refractivity contribution in [2.75, 3.05) is 13.1 Å². The van der Waals surface area contributed by atoms with Gasteiger partial charge in [-0.05, 0) is 25.7 Å². The first-order valence-electron chi connectivity index (χ1n) is 6.45. The monoisotopic (exact) mass is 226 g/mol. The second-order valence-corrected chi connectivity index (χ2v) is 5.19. The summed E-state index contributed by atoms with van der Waals surface area (Å²) < 4.78 is 0. The van der Waals surface area contributed by atoms with E-state index in [1.54, 1.807) is 0 Å². The number of nitrogens with zero attached hydrogens (tertiary/aromatic N) is 1. The Hall–Kier alpha value is -0.610. The van der Waals surface area contributed by atoms with Gasteiger partial charge < -0.3 is 5.11 Å². The van der Waals surface area contributed by atoms with Crippen LogP contribution in [0.2, 0.25) is 0 Å². The Labute approximate surface area is 97.0 Å². The number of hydrazine groups is 1. The maximum Gasteiger partial charge on any atom is 0.237 e. The van der Waals surface area contributed by atoms with E-state index in [0.717, 1.165) is 51.6 Å². The van der Waals surface area contributed by atoms with E-state index in [4.69, 9.17) is 0 Å². The minimum Gasteiger partial charge on any atom is -0.389 e. The molecule has 0 radical (unpaired) electrons. The molecule has 4 heteroatoms. The molecule has 0 bridgehead atoms. The average Bonchev–Trinajstić information content (AvgIpc) is 2.66. The van der Waals surface area contributed by atoms with Crippen molar-refractivity contribution in [3.8, 4) is 0 Å². The summed E-state index contributed by atoms with van der Waals surface area (Å²) in [5.41, 5.74) is 2.18. The molecule has 2 N–H and O–H groups in total. The van der Waals surface area contributed by atoms with Crippen molar-refractivity contribution >= 4 is 5.91 Å². The van der Waals surface area contributed by atoms with E-state index in [1.165, 1.54) is 6.42 Å². The third kappa shape index (κ3) is 3.19. The molecule has 0 aromatic carbocycles. The Balaban J connectivity index is 1.74. The van der Waals surface area contributed by atoms with Crippen LogP contribution < -0.4 is 5.43 Å². The third-order valence-electron chi connectivity index (χ3n) is 3.66. The summed E-state index contributed by atoms with van der Waals surface area (Å²) in [4.78, 5) is 11.8. The predicted molar refractivity (Wildman–Crippen MR) is 61.6 cm³/mol. The van der Waals surface area contributed by atoms with Crippen LogP contribution in [-0.4, -0.2) is 34.7 Å².